The first kappa shape index (κ1) is 23.6. The first-order valence-electron chi connectivity index (χ1n) is 13.0. The lowest BCUT2D eigenvalue weighted by Gasteiger charge is -2.28. The summed E-state index contributed by atoms with van der Waals surface area (Å²) in [5, 5.41) is 0. The van der Waals surface area contributed by atoms with E-state index in [4.69, 9.17) is 15.0 Å². The Kier molecular flexibility index (Phi) is 5.64. The Hall–Kier alpha value is -4.54. The first-order chi connectivity index (χ1) is 19.1. The van der Waals surface area contributed by atoms with Gasteiger partial charge < -0.3 is 0 Å². The fraction of sp³-hybridized carbons (Fsp3) is 0.0571. The second kappa shape index (κ2) is 9.33. The molecule has 6 aromatic rings. The van der Waals surface area contributed by atoms with Gasteiger partial charge in [0.1, 0.15) is 0 Å². The predicted octanol–water partition coefficient (Wildman–Crippen LogP) is 9.00. The van der Waals surface area contributed by atoms with Crippen LogP contribution >= 0.6 is 10.0 Å². The SMILES string of the molecule is CS1(C)c2ccccc2-c2ccc(-c3nc(-c4ccccc4)nc(-c4ccc(-c5ccccc5)cc4)n3)cc21. The van der Waals surface area contributed by atoms with E-state index >= 15 is 0 Å². The fourth-order valence-electron chi connectivity index (χ4n) is 5.35. The zero-order valence-corrected chi connectivity index (χ0v) is 22.7. The van der Waals surface area contributed by atoms with Gasteiger partial charge in [-0.2, -0.15) is 10.0 Å². The molecule has 39 heavy (non-hydrogen) atoms. The van der Waals surface area contributed by atoms with Crippen LogP contribution in [-0.2, 0) is 0 Å². The normalized spacial score (nSPS) is 13.9. The number of aromatic nitrogens is 3. The molecule has 1 aliphatic rings. The van der Waals surface area contributed by atoms with Gasteiger partial charge in [-0.15, -0.1) is 0 Å². The van der Waals surface area contributed by atoms with E-state index in [0.29, 0.717) is 17.5 Å². The summed E-state index contributed by atoms with van der Waals surface area (Å²) in [6, 6.07) is 44.5. The van der Waals surface area contributed by atoms with E-state index in [1.54, 1.807) is 0 Å². The maximum Gasteiger partial charge on any atom is 0.164 e. The zero-order valence-electron chi connectivity index (χ0n) is 21.9. The molecule has 0 fully saturated rings. The van der Waals surface area contributed by atoms with Gasteiger partial charge in [-0.1, -0.05) is 115 Å². The highest BCUT2D eigenvalue weighted by Gasteiger charge is 2.31. The number of nitrogens with zero attached hydrogens (tertiary/aromatic N) is 3. The molecule has 7 rings (SSSR count). The van der Waals surface area contributed by atoms with Crippen LogP contribution in [0.2, 0.25) is 0 Å². The van der Waals surface area contributed by atoms with Gasteiger partial charge in [0, 0.05) is 26.5 Å². The summed E-state index contributed by atoms with van der Waals surface area (Å²) in [4.78, 5) is 17.7. The summed E-state index contributed by atoms with van der Waals surface area (Å²) >= 11 is 0. The Morgan fingerprint density at radius 2 is 0.821 bits per heavy atom. The molecule has 188 valence electrons. The fourth-order valence-corrected chi connectivity index (χ4v) is 7.88. The van der Waals surface area contributed by atoms with Crippen LogP contribution in [-0.4, -0.2) is 27.5 Å². The zero-order chi connectivity index (χ0) is 26.4. The minimum Gasteiger partial charge on any atom is -0.208 e. The molecule has 5 aromatic carbocycles. The van der Waals surface area contributed by atoms with Crippen molar-refractivity contribution < 1.29 is 0 Å². The Bertz CT molecular complexity index is 1810. The monoisotopic (exact) mass is 521 g/mol. The molecule has 0 spiro atoms. The van der Waals surface area contributed by atoms with Gasteiger partial charge in [0.05, 0.1) is 0 Å². The molecular weight excluding hydrogens is 494 g/mol. The van der Waals surface area contributed by atoms with Crippen LogP contribution in [0, 0.1) is 0 Å². The van der Waals surface area contributed by atoms with Crippen molar-refractivity contribution in [2.24, 2.45) is 0 Å². The largest absolute Gasteiger partial charge is 0.208 e. The van der Waals surface area contributed by atoms with Crippen molar-refractivity contribution in [3.8, 4) is 56.4 Å². The number of benzene rings is 5. The number of rotatable bonds is 4. The standard InChI is InChI=1S/C35H27N3S/c1-39(2)31-16-10-9-15-29(31)30-22-21-28(23-32(30)39)35-37-33(26-13-7-4-8-14-26)36-34(38-35)27-19-17-25(18-20-27)24-11-5-3-6-12-24/h3-23H,1-2H3. The van der Waals surface area contributed by atoms with Crippen molar-refractivity contribution in [1.29, 1.82) is 0 Å². The Morgan fingerprint density at radius 1 is 0.385 bits per heavy atom. The second-order valence-electron chi connectivity index (χ2n) is 10.1. The molecule has 0 radical (unpaired) electrons. The Morgan fingerprint density at radius 3 is 1.49 bits per heavy atom. The van der Waals surface area contributed by atoms with Gasteiger partial charge in [0.2, 0.25) is 0 Å². The van der Waals surface area contributed by atoms with Gasteiger partial charge in [0.25, 0.3) is 0 Å². The molecular formula is C35H27N3S. The van der Waals surface area contributed by atoms with Crippen molar-refractivity contribution in [2.75, 3.05) is 12.5 Å². The highest BCUT2D eigenvalue weighted by Crippen LogP contribution is 2.67. The van der Waals surface area contributed by atoms with Crippen LogP contribution in [0.4, 0.5) is 0 Å². The molecule has 0 atom stereocenters. The molecule has 0 saturated heterocycles. The van der Waals surface area contributed by atoms with Gasteiger partial charge >= 0.3 is 0 Å². The smallest absolute Gasteiger partial charge is 0.164 e. The van der Waals surface area contributed by atoms with E-state index in [9.17, 15) is 0 Å². The van der Waals surface area contributed by atoms with Crippen LogP contribution < -0.4 is 0 Å². The van der Waals surface area contributed by atoms with Gasteiger partial charge in [-0.3, -0.25) is 0 Å². The first-order valence-corrected chi connectivity index (χ1v) is 15.5. The van der Waals surface area contributed by atoms with Crippen molar-refractivity contribution in [3.05, 3.63) is 127 Å². The Balaban J connectivity index is 1.35. The lowest BCUT2D eigenvalue weighted by Crippen LogP contribution is -2.01. The van der Waals surface area contributed by atoms with Gasteiger partial charge in [-0.05, 0) is 46.9 Å². The summed E-state index contributed by atoms with van der Waals surface area (Å²) < 4.78 is 0. The molecule has 3 nitrogen and oxygen atoms in total. The molecule has 4 heteroatoms. The summed E-state index contributed by atoms with van der Waals surface area (Å²) in [6.45, 7) is 0. The third-order valence-electron chi connectivity index (χ3n) is 7.43. The summed E-state index contributed by atoms with van der Waals surface area (Å²) in [7, 11) is -1.12. The van der Waals surface area contributed by atoms with Crippen LogP contribution in [0.5, 0.6) is 0 Å². The highest BCUT2D eigenvalue weighted by atomic mass is 32.3. The van der Waals surface area contributed by atoms with E-state index < -0.39 is 10.0 Å². The molecule has 0 unspecified atom stereocenters. The van der Waals surface area contributed by atoms with E-state index in [0.717, 1.165) is 16.7 Å². The third kappa shape index (κ3) is 4.14. The highest BCUT2D eigenvalue weighted by molar-refractivity contribution is 8.33. The lowest BCUT2D eigenvalue weighted by atomic mass is 10.0. The molecule has 1 aromatic heterocycles. The molecule has 2 heterocycles. The van der Waals surface area contributed by atoms with Crippen molar-refractivity contribution in [3.63, 3.8) is 0 Å². The summed E-state index contributed by atoms with van der Waals surface area (Å²) in [5.74, 6) is 2.05. The van der Waals surface area contributed by atoms with Crippen LogP contribution in [0.1, 0.15) is 0 Å². The van der Waals surface area contributed by atoms with Crippen LogP contribution in [0.25, 0.3) is 56.4 Å². The van der Waals surface area contributed by atoms with Crippen LogP contribution in [0.15, 0.2) is 137 Å². The van der Waals surface area contributed by atoms with Gasteiger partial charge in [-0.25, -0.2) is 15.0 Å². The quantitative estimate of drug-likeness (QED) is 0.232. The minimum atomic E-state index is -1.12. The second-order valence-corrected chi connectivity index (χ2v) is 13.7. The molecule has 0 amide bonds. The molecule has 0 bridgehead atoms. The molecule has 0 N–H and O–H groups in total. The lowest BCUT2D eigenvalue weighted by molar-refractivity contribution is 1.07. The average molecular weight is 522 g/mol. The van der Waals surface area contributed by atoms with Gasteiger partial charge in [0.15, 0.2) is 17.5 Å². The topological polar surface area (TPSA) is 38.7 Å². The number of hydrogen-bond donors (Lipinski definition) is 0. The maximum atomic E-state index is 5.01. The summed E-state index contributed by atoms with van der Waals surface area (Å²) in [5.41, 5.74) is 7.99. The maximum absolute atomic E-state index is 5.01. The number of fused-ring (bicyclic) bond motifs is 3. The van der Waals surface area contributed by atoms with E-state index in [1.165, 1.54) is 32.0 Å². The Labute approximate surface area is 230 Å². The molecule has 0 aliphatic carbocycles. The van der Waals surface area contributed by atoms with Crippen molar-refractivity contribution in [2.45, 2.75) is 9.79 Å². The average Bonchev–Trinajstić information content (AvgIpc) is 3.24. The van der Waals surface area contributed by atoms with E-state index in [-0.39, 0.29) is 0 Å². The molecule has 0 saturated carbocycles. The van der Waals surface area contributed by atoms with Crippen molar-refractivity contribution in [1.82, 2.24) is 15.0 Å². The van der Waals surface area contributed by atoms with E-state index in [2.05, 4.69) is 104 Å². The van der Waals surface area contributed by atoms with Crippen molar-refractivity contribution >= 4 is 10.0 Å². The summed E-state index contributed by atoms with van der Waals surface area (Å²) in [6.07, 6.45) is 4.76. The third-order valence-corrected chi connectivity index (χ3v) is 10.3. The van der Waals surface area contributed by atoms with Crippen LogP contribution in [0.3, 0.4) is 0 Å². The van der Waals surface area contributed by atoms with E-state index in [1.807, 2.05) is 36.4 Å². The molecule has 1 aliphatic heterocycles. The minimum absolute atomic E-state index is 0.675. The predicted molar refractivity (Wildman–Crippen MR) is 163 cm³/mol. The number of hydrogen-bond acceptors (Lipinski definition) is 3.